The van der Waals surface area contributed by atoms with Gasteiger partial charge in [-0.1, -0.05) is 18.2 Å². The number of piperidine rings is 2. The van der Waals surface area contributed by atoms with Gasteiger partial charge in [-0.3, -0.25) is 38.4 Å². The summed E-state index contributed by atoms with van der Waals surface area (Å²) in [5, 5.41) is 11.0. The highest BCUT2D eigenvalue weighted by Gasteiger charge is 2.47. The van der Waals surface area contributed by atoms with E-state index in [1.807, 2.05) is 47.0 Å². The van der Waals surface area contributed by atoms with Crippen molar-refractivity contribution < 1.29 is 23.2 Å². The molecule has 5 aromatic rings. The Morgan fingerprint density at radius 2 is 1.79 bits per heavy atom. The third-order valence-electron chi connectivity index (χ3n) is 11.3. The molecule has 5 heterocycles. The van der Waals surface area contributed by atoms with Crippen LogP contribution in [0.3, 0.4) is 0 Å². The molecule has 2 aromatic carbocycles. The summed E-state index contributed by atoms with van der Waals surface area (Å²) >= 11 is 0. The largest absolute Gasteiger partial charge is 0.329 e. The van der Waals surface area contributed by atoms with Crippen molar-refractivity contribution >= 4 is 45.3 Å². The first kappa shape index (κ1) is 34.8. The summed E-state index contributed by atoms with van der Waals surface area (Å²) in [5.74, 6) is -5.02. The molecule has 0 radical (unpaired) electrons. The molecule has 1 saturated carbocycles. The Bertz CT molecular complexity index is 2300. The Balaban J connectivity index is 0.898. The van der Waals surface area contributed by atoms with Gasteiger partial charge in [-0.05, 0) is 99.9 Å². The fourth-order valence-electron chi connectivity index (χ4n) is 8.66. The maximum atomic E-state index is 16.1. The van der Waals surface area contributed by atoms with Crippen LogP contribution >= 0.6 is 0 Å². The van der Waals surface area contributed by atoms with Crippen LogP contribution in [-0.2, 0) is 16.6 Å². The van der Waals surface area contributed by atoms with Gasteiger partial charge in [0, 0.05) is 43.0 Å². The molecule has 1 aliphatic carbocycles. The molecule has 3 amide bonds. The number of imidazole rings is 1. The number of fused-ring (bicyclic) bond motifs is 2. The Labute approximate surface area is 304 Å². The van der Waals surface area contributed by atoms with E-state index in [1.165, 1.54) is 9.13 Å². The average molecular weight is 725 g/mol. The molecule has 12 nitrogen and oxygen atoms in total. The number of nitrogens with one attached hydrogen (secondary N) is 2. The molecule has 2 saturated heterocycles. The van der Waals surface area contributed by atoms with E-state index in [2.05, 4.69) is 15.6 Å². The van der Waals surface area contributed by atoms with Gasteiger partial charge in [-0.25, -0.2) is 18.6 Å². The van der Waals surface area contributed by atoms with E-state index < -0.39 is 29.5 Å². The van der Waals surface area contributed by atoms with Crippen molar-refractivity contribution in [3.8, 4) is 0 Å². The number of anilines is 1. The number of hydrogen-bond donors (Lipinski definition) is 2. The molecular weight excluding hydrogens is 682 g/mol. The first-order chi connectivity index (χ1) is 25.4. The van der Waals surface area contributed by atoms with E-state index in [1.54, 1.807) is 37.4 Å². The second kappa shape index (κ2) is 13.6. The lowest BCUT2D eigenvalue weighted by Crippen LogP contribution is -2.49. The maximum absolute atomic E-state index is 16.1. The molecule has 53 heavy (non-hydrogen) atoms. The monoisotopic (exact) mass is 724 g/mol. The molecule has 8 rings (SSSR count). The van der Waals surface area contributed by atoms with Gasteiger partial charge >= 0.3 is 5.69 Å². The SMILES string of the molecule is Cc1cccc(C(=O)Nc2ccc3nn(C4CCC(CN5CCC(c6cccc7c6n(C)c(=O)n7C6CCC(=O)NC6=O)C(F)(F)C5)CC4)cc3c2)n1. The quantitative estimate of drug-likeness (QED) is 0.212. The number of hydrogen-bond acceptors (Lipinski definition) is 7. The van der Waals surface area contributed by atoms with Gasteiger partial charge in [-0.15, -0.1) is 0 Å². The van der Waals surface area contributed by atoms with Crippen molar-refractivity contribution in [2.75, 3.05) is 25.0 Å². The highest BCUT2D eigenvalue weighted by molar-refractivity contribution is 6.04. The minimum Gasteiger partial charge on any atom is -0.321 e. The first-order valence-corrected chi connectivity index (χ1v) is 18.3. The summed E-state index contributed by atoms with van der Waals surface area (Å²) in [7, 11) is 1.55. The number of carbonyl (C=O) groups excluding carboxylic acids is 3. The second-order valence-corrected chi connectivity index (χ2v) is 14.9. The predicted octanol–water partition coefficient (Wildman–Crippen LogP) is 5.48. The molecule has 2 aliphatic heterocycles. The Kier molecular flexibility index (Phi) is 8.96. The number of aryl methyl sites for hydroxylation is 2. The molecule has 3 fully saturated rings. The Morgan fingerprint density at radius 3 is 2.55 bits per heavy atom. The number of rotatable bonds is 7. The van der Waals surface area contributed by atoms with Crippen LogP contribution in [0.4, 0.5) is 14.5 Å². The van der Waals surface area contributed by atoms with Crippen LogP contribution in [0.5, 0.6) is 0 Å². The number of benzene rings is 2. The van der Waals surface area contributed by atoms with E-state index in [-0.39, 0.29) is 43.7 Å². The highest BCUT2D eigenvalue weighted by Crippen LogP contribution is 2.44. The number of imide groups is 1. The van der Waals surface area contributed by atoms with Crippen molar-refractivity contribution in [1.29, 1.82) is 0 Å². The van der Waals surface area contributed by atoms with Crippen LogP contribution in [-0.4, -0.2) is 72.1 Å². The lowest BCUT2D eigenvalue weighted by Gasteiger charge is -2.41. The lowest BCUT2D eigenvalue weighted by molar-refractivity contribution is -0.135. The zero-order valence-corrected chi connectivity index (χ0v) is 29.7. The number of alkyl halides is 2. The van der Waals surface area contributed by atoms with Crippen LogP contribution < -0.4 is 16.3 Å². The third kappa shape index (κ3) is 6.64. The topological polar surface area (TPSA) is 136 Å². The number of likely N-dealkylation sites (tertiary alicyclic amines) is 1. The van der Waals surface area contributed by atoms with E-state index in [0.29, 0.717) is 47.0 Å². The summed E-state index contributed by atoms with van der Waals surface area (Å²) < 4.78 is 36.9. The van der Waals surface area contributed by atoms with Crippen LogP contribution in [0.25, 0.3) is 21.9 Å². The molecule has 276 valence electrons. The fraction of sp³-hybridized carbons (Fsp3) is 0.436. The number of para-hydroxylation sites is 1. The maximum Gasteiger partial charge on any atom is 0.329 e. The van der Waals surface area contributed by atoms with Crippen molar-refractivity contribution in [3.05, 3.63) is 88.2 Å². The van der Waals surface area contributed by atoms with Crippen molar-refractivity contribution in [3.63, 3.8) is 0 Å². The molecule has 2 atom stereocenters. The van der Waals surface area contributed by atoms with E-state index >= 15 is 8.78 Å². The lowest BCUT2D eigenvalue weighted by atomic mass is 9.83. The van der Waals surface area contributed by atoms with Crippen molar-refractivity contribution in [2.45, 2.75) is 75.8 Å². The fourth-order valence-corrected chi connectivity index (χ4v) is 8.66. The average Bonchev–Trinajstić information content (AvgIpc) is 3.66. The predicted molar refractivity (Wildman–Crippen MR) is 195 cm³/mol. The van der Waals surface area contributed by atoms with Crippen LogP contribution in [0.15, 0.2) is 65.6 Å². The Morgan fingerprint density at radius 1 is 1.00 bits per heavy atom. The zero-order valence-electron chi connectivity index (χ0n) is 29.7. The molecule has 0 spiro atoms. The van der Waals surface area contributed by atoms with Crippen LogP contribution in [0.2, 0.25) is 0 Å². The summed E-state index contributed by atoms with van der Waals surface area (Å²) in [6, 6.07) is 15.3. The molecule has 3 aromatic heterocycles. The number of pyridine rings is 1. The third-order valence-corrected chi connectivity index (χ3v) is 11.3. The molecule has 2 unspecified atom stereocenters. The Hall–Kier alpha value is -5.24. The van der Waals surface area contributed by atoms with E-state index in [0.717, 1.165) is 42.3 Å². The second-order valence-electron chi connectivity index (χ2n) is 14.9. The van der Waals surface area contributed by atoms with E-state index in [9.17, 15) is 19.2 Å². The molecule has 2 N–H and O–H groups in total. The van der Waals surface area contributed by atoms with Crippen LogP contribution in [0, 0.1) is 12.8 Å². The number of halogens is 2. The highest BCUT2D eigenvalue weighted by atomic mass is 19.3. The molecular formula is C39H42F2N8O4. The molecule has 14 heteroatoms. The van der Waals surface area contributed by atoms with Crippen molar-refractivity contribution in [1.82, 2.24) is 34.1 Å². The normalized spacial score (nSPS) is 23.7. The van der Waals surface area contributed by atoms with Crippen LogP contribution in [0.1, 0.15) is 84.7 Å². The summed E-state index contributed by atoms with van der Waals surface area (Å²) in [4.78, 5) is 56.7. The van der Waals surface area contributed by atoms with Crippen molar-refractivity contribution in [2.24, 2.45) is 13.0 Å². The van der Waals surface area contributed by atoms with E-state index in [4.69, 9.17) is 5.10 Å². The van der Waals surface area contributed by atoms with Gasteiger partial charge in [0.25, 0.3) is 11.8 Å². The molecule has 3 aliphatic rings. The van der Waals surface area contributed by atoms with Gasteiger partial charge < -0.3 is 5.32 Å². The number of nitrogens with zero attached hydrogens (tertiary/aromatic N) is 6. The smallest absolute Gasteiger partial charge is 0.321 e. The first-order valence-electron chi connectivity index (χ1n) is 18.3. The summed E-state index contributed by atoms with van der Waals surface area (Å²) in [5.41, 5.74) is 3.41. The van der Waals surface area contributed by atoms with Gasteiger partial charge in [-0.2, -0.15) is 5.10 Å². The minimum absolute atomic E-state index is 0.105. The standard InChI is InChI=1S/C39H42F2N8O4/c1-23-5-3-7-31(42-23)36(51)43-26-11-14-30-25(19-26)21-48(45-30)27-12-9-24(10-13-27)20-47-18-17-29(39(40,41)22-47)28-6-4-8-32-35(28)46(2)38(53)49(32)33-15-16-34(50)44-37(33)52/h3-8,11,14,19,21,24,27,29,33H,9-10,12-13,15-18,20,22H2,1-2H3,(H,43,51)(H,44,50,52). The van der Waals surface area contributed by atoms with Gasteiger partial charge in [0.2, 0.25) is 11.8 Å². The number of carbonyl (C=O) groups is 3. The van der Waals surface area contributed by atoms with Gasteiger partial charge in [0.1, 0.15) is 11.7 Å². The zero-order chi connectivity index (χ0) is 37.0. The summed E-state index contributed by atoms with van der Waals surface area (Å²) in [6.45, 7) is 2.60. The van der Waals surface area contributed by atoms with Gasteiger partial charge in [0.15, 0.2) is 0 Å². The minimum atomic E-state index is -3.03. The van der Waals surface area contributed by atoms with Gasteiger partial charge in [0.05, 0.1) is 35.1 Å². The molecule has 0 bridgehead atoms. The number of amides is 3. The summed E-state index contributed by atoms with van der Waals surface area (Å²) in [6.07, 6.45) is 6.15. The number of aromatic nitrogens is 5.